The van der Waals surface area contributed by atoms with Crippen LogP contribution in [0.25, 0.3) is 0 Å². The number of halogens is 1. The molecule has 1 aromatic rings. The summed E-state index contributed by atoms with van der Waals surface area (Å²) >= 11 is 5.93. The molecule has 2 atom stereocenters. The van der Waals surface area contributed by atoms with Crippen LogP contribution in [0.4, 0.5) is 0 Å². The van der Waals surface area contributed by atoms with Crippen LogP contribution in [0.2, 0.25) is 5.02 Å². The van der Waals surface area contributed by atoms with E-state index >= 15 is 0 Å². The van der Waals surface area contributed by atoms with Crippen molar-refractivity contribution < 1.29 is 0 Å². The highest BCUT2D eigenvalue weighted by molar-refractivity contribution is 6.30. The average Bonchev–Trinajstić information content (AvgIpc) is 2.77. The van der Waals surface area contributed by atoms with Crippen molar-refractivity contribution in [3.63, 3.8) is 0 Å². The van der Waals surface area contributed by atoms with E-state index in [0.717, 1.165) is 16.9 Å². The van der Waals surface area contributed by atoms with Gasteiger partial charge in [-0.3, -0.25) is 0 Å². The molecule has 1 N–H and O–H groups in total. The van der Waals surface area contributed by atoms with E-state index in [0.29, 0.717) is 6.04 Å². The molecule has 18 heavy (non-hydrogen) atoms. The molecule has 1 aromatic carbocycles. The van der Waals surface area contributed by atoms with Gasteiger partial charge in [-0.15, -0.1) is 0 Å². The van der Waals surface area contributed by atoms with Gasteiger partial charge in [0.15, 0.2) is 0 Å². The summed E-state index contributed by atoms with van der Waals surface area (Å²) < 4.78 is 0. The zero-order chi connectivity index (χ0) is 13.0. The van der Waals surface area contributed by atoms with Crippen molar-refractivity contribution in [2.75, 3.05) is 6.54 Å². The molecular formula is C16H24ClN. The molecule has 1 saturated carbocycles. The summed E-state index contributed by atoms with van der Waals surface area (Å²) in [5, 5.41) is 4.43. The van der Waals surface area contributed by atoms with Gasteiger partial charge >= 0.3 is 0 Å². The predicted molar refractivity (Wildman–Crippen MR) is 79.1 cm³/mol. The summed E-state index contributed by atoms with van der Waals surface area (Å²) in [6, 6.07) is 8.96. The summed E-state index contributed by atoms with van der Waals surface area (Å²) in [6.45, 7) is 5.63. The summed E-state index contributed by atoms with van der Waals surface area (Å²) in [6.07, 6.45) is 5.37. The van der Waals surface area contributed by atoms with Gasteiger partial charge in [0.1, 0.15) is 0 Å². The second-order valence-electron chi connectivity index (χ2n) is 5.84. The quantitative estimate of drug-likeness (QED) is 0.837. The normalized spacial score (nSPS) is 23.8. The molecule has 1 aliphatic rings. The topological polar surface area (TPSA) is 12.0 Å². The van der Waals surface area contributed by atoms with E-state index in [4.69, 9.17) is 11.6 Å². The lowest BCUT2D eigenvalue weighted by Gasteiger charge is -2.21. The van der Waals surface area contributed by atoms with Gasteiger partial charge < -0.3 is 5.32 Å². The molecule has 1 fully saturated rings. The molecule has 2 heteroatoms. The predicted octanol–water partition coefficient (Wildman–Crippen LogP) is 4.30. The van der Waals surface area contributed by atoms with Crippen LogP contribution in [0.3, 0.4) is 0 Å². The van der Waals surface area contributed by atoms with Crippen molar-refractivity contribution in [1.29, 1.82) is 0 Å². The Morgan fingerprint density at radius 1 is 1.17 bits per heavy atom. The fourth-order valence-corrected chi connectivity index (χ4v) is 3.09. The first kappa shape index (κ1) is 13.9. The monoisotopic (exact) mass is 265 g/mol. The highest BCUT2D eigenvalue weighted by Crippen LogP contribution is 2.34. The molecule has 0 radical (unpaired) electrons. The Kier molecular flexibility index (Phi) is 5.08. The van der Waals surface area contributed by atoms with Gasteiger partial charge in [0, 0.05) is 11.1 Å². The van der Waals surface area contributed by atoms with E-state index in [1.54, 1.807) is 0 Å². The fourth-order valence-electron chi connectivity index (χ4n) is 2.96. The first-order valence-electron chi connectivity index (χ1n) is 7.13. The summed E-state index contributed by atoms with van der Waals surface area (Å²) in [7, 11) is 0. The smallest absolute Gasteiger partial charge is 0.0406 e. The molecule has 0 amide bonds. The Morgan fingerprint density at radius 2 is 1.83 bits per heavy atom. The number of nitrogens with one attached hydrogen (secondary N) is 1. The van der Waals surface area contributed by atoms with Crippen molar-refractivity contribution in [3.8, 4) is 0 Å². The van der Waals surface area contributed by atoms with Gasteiger partial charge in [0.25, 0.3) is 0 Å². The fraction of sp³-hybridized carbons (Fsp3) is 0.625. The lowest BCUT2D eigenvalue weighted by molar-refractivity contribution is 0.354. The third-order valence-corrected chi connectivity index (χ3v) is 4.27. The van der Waals surface area contributed by atoms with Gasteiger partial charge in [0.05, 0.1) is 0 Å². The Balaban J connectivity index is 1.89. The zero-order valence-electron chi connectivity index (χ0n) is 11.5. The molecule has 100 valence electrons. The highest BCUT2D eigenvalue weighted by atomic mass is 35.5. The van der Waals surface area contributed by atoms with Crippen LogP contribution >= 0.6 is 11.6 Å². The Morgan fingerprint density at radius 3 is 2.50 bits per heavy atom. The molecule has 1 aliphatic carbocycles. The second kappa shape index (κ2) is 6.58. The van der Waals surface area contributed by atoms with Crippen molar-refractivity contribution >= 4 is 11.6 Å². The lowest BCUT2D eigenvalue weighted by Crippen LogP contribution is -2.31. The largest absolute Gasteiger partial charge is 0.314 e. The molecule has 2 rings (SSSR count). The first-order valence-corrected chi connectivity index (χ1v) is 7.51. The molecule has 1 nitrogen and oxygen atoms in total. The van der Waals surface area contributed by atoms with E-state index in [2.05, 4.69) is 31.3 Å². The van der Waals surface area contributed by atoms with E-state index in [1.165, 1.54) is 37.8 Å². The van der Waals surface area contributed by atoms with Gasteiger partial charge in [-0.1, -0.05) is 44.0 Å². The highest BCUT2D eigenvalue weighted by Gasteiger charge is 2.26. The molecule has 0 spiro atoms. The van der Waals surface area contributed by atoms with Gasteiger partial charge in [-0.25, -0.2) is 0 Å². The molecule has 0 heterocycles. The van der Waals surface area contributed by atoms with E-state index < -0.39 is 0 Å². The molecule has 0 aliphatic heterocycles. The third kappa shape index (κ3) is 4.00. The van der Waals surface area contributed by atoms with E-state index in [1.807, 2.05) is 12.1 Å². The molecular weight excluding hydrogens is 242 g/mol. The van der Waals surface area contributed by atoms with Crippen LogP contribution in [0.5, 0.6) is 0 Å². The Labute approximate surface area is 116 Å². The molecule has 0 saturated heterocycles. The maximum atomic E-state index is 5.93. The van der Waals surface area contributed by atoms with Crippen molar-refractivity contribution in [3.05, 3.63) is 34.9 Å². The number of rotatable bonds is 5. The third-order valence-electron chi connectivity index (χ3n) is 4.02. The minimum Gasteiger partial charge on any atom is -0.314 e. The van der Waals surface area contributed by atoms with Crippen LogP contribution in [0, 0.1) is 11.8 Å². The van der Waals surface area contributed by atoms with Crippen LogP contribution in [0.15, 0.2) is 24.3 Å². The van der Waals surface area contributed by atoms with Crippen LogP contribution < -0.4 is 5.32 Å². The molecule has 0 bridgehead atoms. The van der Waals surface area contributed by atoms with E-state index in [-0.39, 0.29) is 0 Å². The van der Waals surface area contributed by atoms with Crippen molar-refractivity contribution in [2.45, 2.75) is 45.6 Å². The number of hydrogen-bond donors (Lipinski definition) is 1. The van der Waals surface area contributed by atoms with Crippen LogP contribution in [-0.4, -0.2) is 12.6 Å². The zero-order valence-corrected chi connectivity index (χ0v) is 12.2. The minimum absolute atomic E-state index is 0.599. The molecule has 0 aromatic heterocycles. The Bertz CT molecular complexity index is 358. The summed E-state index contributed by atoms with van der Waals surface area (Å²) in [5.74, 6) is 1.69. The maximum Gasteiger partial charge on any atom is 0.0406 e. The summed E-state index contributed by atoms with van der Waals surface area (Å²) in [4.78, 5) is 0. The van der Waals surface area contributed by atoms with Gasteiger partial charge in [-0.2, -0.15) is 0 Å². The Hall–Kier alpha value is -0.530. The SMILES string of the molecule is CC(C)NCC1CCCC1Cc1ccc(Cl)cc1. The standard InChI is InChI=1S/C16H24ClN/c1-12(2)18-11-15-5-3-4-14(15)10-13-6-8-16(17)9-7-13/h6-9,12,14-15,18H,3-5,10-11H2,1-2H3. The van der Waals surface area contributed by atoms with Crippen LogP contribution in [-0.2, 0) is 6.42 Å². The van der Waals surface area contributed by atoms with E-state index in [9.17, 15) is 0 Å². The number of hydrogen-bond acceptors (Lipinski definition) is 1. The molecule has 2 unspecified atom stereocenters. The summed E-state index contributed by atoms with van der Waals surface area (Å²) in [5.41, 5.74) is 1.43. The minimum atomic E-state index is 0.599. The maximum absolute atomic E-state index is 5.93. The average molecular weight is 266 g/mol. The van der Waals surface area contributed by atoms with Crippen LogP contribution in [0.1, 0.15) is 38.7 Å². The second-order valence-corrected chi connectivity index (χ2v) is 6.28. The number of benzene rings is 1. The lowest BCUT2D eigenvalue weighted by atomic mass is 9.89. The van der Waals surface area contributed by atoms with Crippen molar-refractivity contribution in [2.24, 2.45) is 11.8 Å². The van der Waals surface area contributed by atoms with Gasteiger partial charge in [0.2, 0.25) is 0 Å². The van der Waals surface area contributed by atoms with Gasteiger partial charge in [-0.05, 0) is 55.3 Å². The first-order chi connectivity index (χ1) is 8.65. The van der Waals surface area contributed by atoms with Crippen molar-refractivity contribution in [1.82, 2.24) is 5.32 Å².